The molecule has 1 unspecified atom stereocenters. The maximum Gasteiger partial charge on any atom is 0.0647 e. The number of rotatable bonds is 4. The van der Waals surface area contributed by atoms with Gasteiger partial charge in [0.1, 0.15) is 0 Å². The molecule has 2 rings (SSSR count). The fourth-order valence-electron chi connectivity index (χ4n) is 2.51. The van der Waals surface area contributed by atoms with E-state index in [4.69, 9.17) is 0 Å². The van der Waals surface area contributed by atoms with Gasteiger partial charge in [0.25, 0.3) is 0 Å². The normalized spacial score (nSPS) is 12.7. The Morgan fingerprint density at radius 2 is 1.60 bits per heavy atom. The van der Waals surface area contributed by atoms with E-state index in [2.05, 4.69) is 86.1 Å². The van der Waals surface area contributed by atoms with E-state index >= 15 is 0 Å². The van der Waals surface area contributed by atoms with E-state index in [0.717, 1.165) is 6.42 Å². The molecular weight excluding hydrogens is 308 g/mol. The zero-order valence-corrected chi connectivity index (χ0v) is 14.4. The van der Waals surface area contributed by atoms with E-state index in [1.54, 1.807) is 0 Å². The third-order valence-electron chi connectivity index (χ3n) is 3.62. The molecular formula is C19H23Br. The van der Waals surface area contributed by atoms with Crippen LogP contribution in [0.15, 0.2) is 42.5 Å². The quantitative estimate of drug-likeness (QED) is 0.604. The first-order valence-corrected chi connectivity index (χ1v) is 8.19. The second kappa shape index (κ2) is 6.58. The van der Waals surface area contributed by atoms with Crippen molar-refractivity contribution < 1.29 is 0 Å². The van der Waals surface area contributed by atoms with Gasteiger partial charge in [0.05, 0.1) is 4.83 Å². The number of halogens is 1. The second-order valence-corrected chi connectivity index (χ2v) is 6.98. The molecule has 2 aromatic rings. The van der Waals surface area contributed by atoms with Crippen LogP contribution in [0.1, 0.15) is 46.5 Å². The fraction of sp³-hybridized carbons (Fsp3) is 0.368. The molecule has 0 bridgehead atoms. The Labute approximate surface area is 131 Å². The average Bonchev–Trinajstić information content (AvgIpc) is 2.41. The Bertz CT molecular complexity index is 567. The summed E-state index contributed by atoms with van der Waals surface area (Å²) in [6.45, 7) is 8.85. The van der Waals surface area contributed by atoms with Gasteiger partial charge in [-0.25, -0.2) is 0 Å². The van der Waals surface area contributed by atoms with E-state index in [1.165, 1.54) is 27.8 Å². The van der Waals surface area contributed by atoms with Crippen molar-refractivity contribution in [2.24, 2.45) is 5.92 Å². The molecule has 106 valence electrons. The van der Waals surface area contributed by atoms with Crippen LogP contribution in [-0.2, 0) is 6.42 Å². The van der Waals surface area contributed by atoms with Crippen LogP contribution in [0, 0.1) is 19.8 Å². The Morgan fingerprint density at radius 1 is 0.950 bits per heavy atom. The average molecular weight is 331 g/mol. The molecule has 0 aromatic heterocycles. The maximum atomic E-state index is 3.85. The Kier molecular flexibility index (Phi) is 5.04. The Hall–Kier alpha value is -1.08. The summed E-state index contributed by atoms with van der Waals surface area (Å²) in [5.74, 6) is 0.708. The Balaban J connectivity index is 2.24. The number of benzene rings is 2. The fourth-order valence-corrected chi connectivity index (χ4v) is 3.31. The summed E-state index contributed by atoms with van der Waals surface area (Å²) >= 11 is 3.85. The van der Waals surface area contributed by atoms with Crippen LogP contribution >= 0.6 is 15.9 Å². The van der Waals surface area contributed by atoms with Gasteiger partial charge in [-0.15, -0.1) is 0 Å². The maximum absolute atomic E-state index is 3.85. The largest absolute Gasteiger partial charge is 0.0786 e. The van der Waals surface area contributed by atoms with Gasteiger partial charge in [-0.2, -0.15) is 0 Å². The van der Waals surface area contributed by atoms with E-state index < -0.39 is 0 Å². The SMILES string of the molecule is Cc1ccc(C)c(C(Br)c2ccc(CC(C)C)cc2)c1. The predicted octanol–water partition coefficient (Wildman–Crippen LogP) is 5.99. The Morgan fingerprint density at radius 3 is 2.20 bits per heavy atom. The summed E-state index contributed by atoms with van der Waals surface area (Å²) in [5, 5.41) is 0. The first kappa shape index (κ1) is 15.3. The molecule has 0 aliphatic heterocycles. The molecule has 1 atom stereocenters. The number of hydrogen-bond donors (Lipinski definition) is 0. The molecule has 0 aliphatic carbocycles. The first-order valence-electron chi connectivity index (χ1n) is 7.27. The van der Waals surface area contributed by atoms with E-state index in [1.807, 2.05) is 0 Å². The minimum atomic E-state index is 0.274. The van der Waals surface area contributed by atoms with E-state index in [9.17, 15) is 0 Å². The highest BCUT2D eigenvalue weighted by Gasteiger charge is 2.13. The predicted molar refractivity (Wildman–Crippen MR) is 91.7 cm³/mol. The third-order valence-corrected chi connectivity index (χ3v) is 4.65. The summed E-state index contributed by atoms with van der Waals surface area (Å²) in [7, 11) is 0. The summed E-state index contributed by atoms with van der Waals surface area (Å²) in [6, 6.07) is 15.7. The molecule has 0 fully saturated rings. The zero-order valence-electron chi connectivity index (χ0n) is 12.8. The van der Waals surface area contributed by atoms with Gasteiger partial charge in [0, 0.05) is 0 Å². The monoisotopic (exact) mass is 330 g/mol. The molecule has 1 heteroatoms. The summed E-state index contributed by atoms with van der Waals surface area (Å²) in [6.07, 6.45) is 1.15. The lowest BCUT2D eigenvalue weighted by Gasteiger charge is -2.15. The summed E-state index contributed by atoms with van der Waals surface area (Å²) in [4.78, 5) is 0.274. The van der Waals surface area contributed by atoms with E-state index in [-0.39, 0.29) is 4.83 Å². The molecule has 20 heavy (non-hydrogen) atoms. The standard InChI is InChI=1S/C19H23Br/c1-13(2)11-16-7-9-17(10-8-16)19(20)18-12-14(3)5-6-15(18)4/h5-10,12-13,19H,11H2,1-4H3. The zero-order chi connectivity index (χ0) is 14.7. The van der Waals surface area contributed by atoms with E-state index in [0.29, 0.717) is 5.92 Å². The van der Waals surface area contributed by atoms with Gasteiger partial charge in [-0.3, -0.25) is 0 Å². The lowest BCUT2D eigenvalue weighted by Crippen LogP contribution is -1.98. The van der Waals surface area contributed by atoms with Gasteiger partial charge in [0.2, 0.25) is 0 Å². The van der Waals surface area contributed by atoms with Crippen LogP contribution < -0.4 is 0 Å². The van der Waals surface area contributed by atoms with Crippen molar-refractivity contribution in [3.8, 4) is 0 Å². The molecule has 0 radical (unpaired) electrons. The van der Waals surface area contributed by atoms with Crippen molar-refractivity contribution in [1.29, 1.82) is 0 Å². The van der Waals surface area contributed by atoms with Crippen LogP contribution in [0.3, 0.4) is 0 Å². The second-order valence-electron chi connectivity index (χ2n) is 6.06. The minimum absolute atomic E-state index is 0.274. The van der Waals surface area contributed by atoms with Crippen molar-refractivity contribution in [2.75, 3.05) is 0 Å². The lowest BCUT2D eigenvalue weighted by atomic mass is 9.96. The van der Waals surface area contributed by atoms with Crippen molar-refractivity contribution in [3.05, 3.63) is 70.3 Å². The number of alkyl halides is 1. The van der Waals surface area contributed by atoms with Gasteiger partial charge in [-0.1, -0.05) is 77.8 Å². The van der Waals surface area contributed by atoms with Crippen LogP contribution in [-0.4, -0.2) is 0 Å². The van der Waals surface area contributed by atoms with Gasteiger partial charge >= 0.3 is 0 Å². The van der Waals surface area contributed by atoms with Crippen LogP contribution in [0.2, 0.25) is 0 Å². The molecule has 0 aliphatic rings. The van der Waals surface area contributed by atoms with Crippen molar-refractivity contribution in [3.63, 3.8) is 0 Å². The topological polar surface area (TPSA) is 0 Å². The minimum Gasteiger partial charge on any atom is -0.0786 e. The van der Waals surface area contributed by atoms with Crippen LogP contribution in [0.4, 0.5) is 0 Å². The highest BCUT2D eigenvalue weighted by atomic mass is 79.9. The van der Waals surface area contributed by atoms with Crippen molar-refractivity contribution >= 4 is 15.9 Å². The molecule has 0 N–H and O–H groups in total. The smallest absolute Gasteiger partial charge is 0.0647 e. The van der Waals surface area contributed by atoms with Crippen LogP contribution in [0.25, 0.3) is 0 Å². The number of aryl methyl sites for hydroxylation is 2. The van der Waals surface area contributed by atoms with Gasteiger partial charge in [0.15, 0.2) is 0 Å². The highest BCUT2D eigenvalue weighted by Crippen LogP contribution is 2.33. The van der Waals surface area contributed by atoms with Crippen LogP contribution in [0.5, 0.6) is 0 Å². The van der Waals surface area contributed by atoms with Crippen molar-refractivity contribution in [2.45, 2.75) is 38.9 Å². The summed E-state index contributed by atoms with van der Waals surface area (Å²) in [5.41, 5.74) is 6.76. The van der Waals surface area contributed by atoms with Gasteiger partial charge in [-0.05, 0) is 48.4 Å². The number of hydrogen-bond acceptors (Lipinski definition) is 0. The molecule has 0 spiro atoms. The molecule has 0 saturated heterocycles. The molecule has 0 amide bonds. The molecule has 2 aromatic carbocycles. The lowest BCUT2D eigenvalue weighted by molar-refractivity contribution is 0.647. The first-order chi connectivity index (χ1) is 9.47. The highest BCUT2D eigenvalue weighted by molar-refractivity contribution is 9.09. The van der Waals surface area contributed by atoms with Gasteiger partial charge < -0.3 is 0 Å². The van der Waals surface area contributed by atoms with Crippen molar-refractivity contribution in [1.82, 2.24) is 0 Å². The summed E-state index contributed by atoms with van der Waals surface area (Å²) < 4.78 is 0. The third kappa shape index (κ3) is 3.73. The molecule has 0 heterocycles. The molecule has 0 saturated carbocycles. The molecule has 0 nitrogen and oxygen atoms in total.